The van der Waals surface area contributed by atoms with Crippen LogP contribution >= 0.6 is 11.3 Å². The van der Waals surface area contributed by atoms with Gasteiger partial charge < -0.3 is 5.11 Å². The Hall–Kier alpha value is -1.20. The van der Waals surface area contributed by atoms with Gasteiger partial charge in [-0.25, -0.2) is 4.79 Å². The number of carboxylic acids is 1. The Bertz CT molecular complexity index is 572. The molecule has 0 aliphatic carbocycles. The topological polar surface area (TPSA) is 54.4 Å². The van der Waals surface area contributed by atoms with Crippen molar-refractivity contribution in [3.63, 3.8) is 0 Å². The highest BCUT2D eigenvalue weighted by Crippen LogP contribution is 2.31. The Labute approximate surface area is 99.2 Å². The van der Waals surface area contributed by atoms with E-state index < -0.39 is 16.8 Å². The van der Waals surface area contributed by atoms with Crippen molar-refractivity contribution in [3.05, 3.63) is 34.7 Å². The molecule has 0 saturated heterocycles. The van der Waals surface area contributed by atoms with Crippen molar-refractivity contribution in [2.75, 3.05) is 6.26 Å². The summed E-state index contributed by atoms with van der Waals surface area (Å²) in [6.07, 6.45) is 1.58. The fourth-order valence-corrected chi connectivity index (χ4v) is 3.48. The van der Waals surface area contributed by atoms with Crippen LogP contribution in [0.25, 0.3) is 10.1 Å². The minimum absolute atomic E-state index is 0.297. The normalized spacial score (nSPS) is 12.8. The number of thiophene rings is 1. The van der Waals surface area contributed by atoms with Crippen LogP contribution < -0.4 is 0 Å². The van der Waals surface area contributed by atoms with E-state index in [-0.39, 0.29) is 0 Å². The van der Waals surface area contributed by atoms with E-state index in [1.807, 2.05) is 24.3 Å². The van der Waals surface area contributed by atoms with E-state index in [2.05, 4.69) is 0 Å². The summed E-state index contributed by atoms with van der Waals surface area (Å²) < 4.78 is 12.2. The summed E-state index contributed by atoms with van der Waals surface area (Å²) in [6.45, 7) is 0. The van der Waals surface area contributed by atoms with Crippen LogP contribution in [0, 0.1) is 0 Å². The van der Waals surface area contributed by atoms with Crippen LogP contribution in [0.5, 0.6) is 0 Å². The molecule has 1 unspecified atom stereocenters. The maximum atomic E-state index is 11.3. The molecule has 5 heteroatoms. The van der Waals surface area contributed by atoms with E-state index in [4.69, 9.17) is 5.11 Å². The maximum absolute atomic E-state index is 11.3. The Morgan fingerprint density at radius 2 is 2.12 bits per heavy atom. The summed E-state index contributed by atoms with van der Waals surface area (Å²) in [7, 11) is -1.03. The lowest BCUT2D eigenvalue weighted by molar-refractivity contribution is 0.0701. The van der Waals surface area contributed by atoms with Gasteiger partial charge >= 0.3 is 5.97 Å². The molecule has 2 rings (SSSR count). The molecule has 84 valence electrons. The number of carbonyl (C=O) groups is 1. The summed E-state index contributed by atoms with van der Waals surface area (Å²) in [5.41, 5.74) is 0.689. The zero-order chi connectivity index (χ0) is 11.7. The molecule has 16 heavy (non-hydrogen) atoms. The van der Waals surface area contributed by atoms with Crippen molar-refractivity contribution in [1.29, 1.82) is 0 Å². The minimum atomic E-state index is -1.03. The third-order valence-corrected chi connectivity index (χ3v) is 4.14. The lowest BCUT2D eigenvalue weighted by Gasteiger charge is -1.98. The van der Waals surface area contributed by atoms with Gasteiger partial charge in [-0.15, -0.1) is 11.3 Å². The first-order valence-electron chi connectivity index (χ1n) is 4.63. The van der Waals surface area contributed by atoms with Gasteiger partial charge in [0.25, 0.3) is 0 Å². The Morgan fingerprint density at radius 1 is 1.44 bits per heavy atom. The summed E-state index contributed by atoms with van der Waals surface area (Å²) >= 11 is 1.24. The second-order valence-electron chi connectivity index (χ2n) is 3.43. The molecule has 0 aliphatic rings. The molecule has 0 amide bonds. The monoisotopic (exact) mass is 254 g/mol. The van der Waals surface area contributed by atoms with Gasteiger partial charge in [0, 0.05) is 21.8 Å². The van der Waals surface area contributed by atoms with Crippen molar-refractivity contribution >= 4 is 38.2 Å². The number of carboxylic acid groups (broad SMARTS) is 1. The van der Waals surface area contributed by atoms with Crippen molar-refractivity contribution in [2.24, 2.45) is 0 Å². The van der Waals surface area contributed by atoms with Crippen LogP contribution in [0.15, 0.2) is 24.3 Å². The van der Waals surface area contributed by atoms with Crippen molar-refractivity contribution < 1.29 is 14.1 Å². The van der Waals surface area contributed by atoms with E-state index in [0.717, 1.165) is 10.1 Å². The van der Waals surface area contributed by atoms with Gasteiger partial charge in [-0.2, -0.15) is 0 Å². The van der Waals surface area contributed by atoms with Gasteiger partial charge in [-0.1, -0.05) is 18.2 Å². The highest BCUT2D eigenvalue weighted by atomic mass is 32.2. The van der Waals surface area contributed by atoms with Gasteiger partial charge in [0.2, 0.25) is 0 Å². The fourth-order valence-electron chi connectivity index (χ4n) is 1.62. The molecule has 0 radical (unpaired) electrons. The lowest BCUT2D eigenvalue weighted by Crippen LogP contribution is -2.00. The molecule has 1 N–H and O–H groups in total. The van der Waals surface area contributed by atoms with Crippen molar-refractivity contribution in [3.8, 4) is 0 Å². The van der Waals surface area contributed by atoms with Crippen LogP contribution in [0.4, 0.5) is 0 Å². The first-order valence-corrected chi connectivity index (χ1v) is 7.17. The molecular weight excluding hydrogens is 244 g/mol. The standard InChI is InChI=1S/C11H10O3S2/c1-16(14)6-8-7-4-2-3-5-9(7)15-10(8)11(12)13/h2-5H,6H2,1H3,(H,12,13). The van der Waals surface area contributed by atoms with Gasteiger partial charge in [-0.3, -0.25) is 4.21 Å². The van der Waals surface area contributed by atoms with Gasteiger partial charge in [0.05, 0.1) is 5.75 Å². The molecule has 0 spiro atoms. The maximum Gasteiger partial charge on any atom is 0.346 e. The summed E-state index contributed by atoms with van der Waals surface area (Å²) in [5, 5.41) is 9.99. The molecule has 0 saturated carbocycles. The predicted octanol–water partition coefficient (Wildman–Crippen LogP) is 2.48. The van der Waals surface area contributed by atoms with E-state index in [1.54, 1.807) is 6.26 Å². The number of fused-ring (bicyclic) bond motifs is 1. The van der Waals surface area contributed by atoms with E-state index in [0.29, 0.717) is 16.2 Å². The second kappa shape index (κ2) is 4.35. The average Bonchev–Trinajstić information content (AvgIpc) is 2.57. The Balaban J connectivity index is 2.69. The molecule has 0 fully saturated rings. The fraction of sp³-hybridized carbons (Fsp3) is 0.182. The molecule has 1 atom stereocenters. The molecule has 1 heterocycles. The SMILES string of the molecule is CS(=O)Cc1c(C(=O)O)sc2ccccc12. The summed E-state index contributed by atoms with van der Waals surface area (Å²) in [6, 6.07) is 7.49. The highest BCUT2D eigenvalue weighted by Gasteiger charge is 2.17. The van der Waals surface area contributed by atoms with E-state index in [1.165, 1.54) is 11.3 Å². The number of rotatable bonds is 3. The molecule has 0 bridgehead atoms. The van der Waals surface area contributed by atoms with Gasteiger partial charge in [0.15, 0.2) is 0 Å². The molecule has 0 aliphatic heterocycles. The second-order valence-corrected chi connectivity index (χ2v) is 5.92. The largest absolute Gasteiger partial charge is 0.477 e. The Kier molecular flexibility index (Phi) is 3.07. The van der Waals surface area contributed by atoms with Crippen molar-refractivity contribution in [2.45, 2.75) is 5.75 Å². The van der Waals surface area contributed by atoms with E-state index >= 15 is 0 Å². The van der Waals surface area contributed by atoms with Crippen molar-refractivity contribution in [1.82, 2.24) is 0 Å². The lowest BCUT2D eigenvalue weighted by atomic mass is 10.1. The minimum Gasteiger partial charge on any atom is -0.477 e. The molecule has 2 aromatic rings. The summed E-state index contributed by atoms with van der Waals surface area (Å²) in [5.74, 6) is -0.646. The highest BCUT2D eigenvalue weighted by molar-refractivity contribution is 7.83. The van der Waals surface area contributed by atoms with E-state index in [9.17, 15) is 9.00 Å². The number of hydrogen-bond acceptors (Lipinski definition) is 3. The van der Waals surface area contributed by atoms with Gasteiger partial charge in [-0.05, 0) is 17.0 Å². The van der Waals surface area contributed by atoms with Crippen LogP contribution in [0.3, 0.4) is 0 Å². The third-order valence-electron chi connectivity index (χ3n) is 2.24. The Morgan fingerprint density at radius 3 is 2.75 bits per heavy atom. The molecule has 1 aromatic carbocycles. The smallest absolute Gasteiger partial charge is 0.346 e. The first-order chi connectivity index (χ1) is 7.59. The predicted molar refractivity (Wildman–Crippen MR) is 66.6 cm³/mol. The molecule has 1 aromatic heterocycles. The van der Waals surface area contributed by atoms with Crippen LogP contribution in [-0.4, -0.2) is 21.5 Å². The number of hydrogen-bond donors (Lipinski definition) is 1. The average molecular weight is 254 g/mol. The summed E-state index contributed by atoms with van der Waals surface area (Å²) in [4.78, 5) is 11.4. The molecule has 3 nitrogen and oxygen atoms in total. The number of aromatic carboxylic acids is 1. The van der Waals surface area contributed by atoms with Crippen LogP contribution in [0.1, 0.15) is 15.2 Å². The zero-order valence-corrected chi connectivity index (χ0v) is 10.2. The van der Waals surface area contributed by atoms with Crippen LogP contribution in [0.2, 0.25) is 0 Å². The third kappa shape index (κ3) is 2.01. The number of benzene rings is 1. The quantitative estimate of drug-likeness (QED) is 0.915. The molecular formula is C11H10O3S2. The first kappa shape index (κ1) is 11.3. The van der Waals surface area contributed by atoms with Gasteiger partial charge in [0.1, 0.15) is 4.88 Å². The van der Waals surface area contributed by atoms with Crippen LogP contribution in [-0.2, 0) is 16.6 Å². The zero-order valence-electron chi connectivity index (χ0n) is 8.60.